The van der Waals surface area contributed by atoms with Crippen LogP contribution in [0.1, 0.15) is 16.8 Å². The number of methoxy groups -OCH3 is 1. The van der Waals surface area contributed by atoms with Gasteiger partial charge in [0.2, 0.25) is 5.91 Å². The maximum atomic E-state index is 12.2. The molecule has 8 nitrogen and oxygen atoms in total. The summed E-state index contributed by atoms with van der Waals surface area (Å²) in [4.78, 5) is 25.8. The molecule has 0 aliphatic heterocycles. The van der Waals surface area contributed by atoms with E-state index in [1.54, 1.807) is 19.2 Å². The van der Waals surface area contributed by atoms with Crippen molar-refractivity contribution in [3.8, 4) is 5.75 Å². The molecule has 0 saturated heterocycles. The standard InChI is InChI=1S/C19H18N4O4/c1-12-16(17-9-15(27-2)6-7-18(17)21-12)10-19(24)22-20-11-13-4-3-5-14(8-13)23(25)26/h3-9,11,21H,10H2,1-2H3,(H,22,24)/b20-11+. The Bertz CT molecular complexity index is 1040. The molecule has 0 radical (unpaired) electrons. The Morgan fingerprint density at radius 2 is 2.15 bits per heavy atom. The summed E-state index contributed by atoms with van der Waals surface area (Å²) in [6, 6.07) is 11.6. The molecular formula is C19H18N4O4. The van der Waals surface area contributed by atoms with E-state index < -0.39 is 4.92 Å². The Kier molecular flexibility index (Phi) is 5.16. The van der Waals surface area contributed by atoms with E-state index in [0.29, 0.717) is 11.3 Å². The fourth-order valence-electron chi connectivity index (χ4n) is 2.81. The molecule has 0 bridgehead atoms. The molecule has 1 amide bonds. The average Bonchev–Trinajstić information content (AvgIpc) is 2.96. The molecule has 2 N–H and O–H groups in total. The van der Waals surface area contributed by atoms with Gasteiger partial charge in [0, 0.05) is 34.3 Å². The average molecular weight is 366 g/mol. The third-order valence-corrected chi connectivity index (χ3v) is 4.15. The first-order valence-corrected chi connectivity index (χ1v) is 8.19. The second-order valence-electron chi connectivity index (χ2n) is 5.96. The second-order valence-corrected chi connectivity index (χ2v) is 5.96. The first kappa shape index (κ1) is 18.1. The molecule has 0 spiro atoms. The Balaban J connectivity index is 1.71. The van der Waals surface area contributed by atoms with Gasteiger partial charge >= 0.3 is 0 Å². The number of non-ortho nitro benzene ring substituents is 1. The predicted molar refractivity (Wildman–Crippen MR) is 102 cm³/mol. The molecule has 0 fully saturated rings. The Morgan fingerprint density at radius 3 is 2.89 bits per heavy atom. The van der Waals surface area contributed by atoms with E-state index >= 15 is 0 Å². The number of H-pyrrole nitrogens is 1. The molecule has 0 saturated carbocycles. The monoisotopic (exact) mass is 366 g/mol. The number of hydrazone groups is 1. The zero-order valence-corrected chi connectivity index (χ0v) is 14.9. The van der Waals surface area contributed by atoms with Gasteiger partial charge < -0.3 is 9.72 Å². The van der Waals surface area contributed by atoms with E-state index in [9.17, 15) is 14.9 Å². The van der Waals surface area contributed by atoms with Crippen molar-refractivity contribution in [2.24, 2.45) is 5.10 Å². The molecule has 0 atom stereocenters. The first-order chi connectivity index (χ1) is 13.0. The number of carbonyl (C=O) groups excluding carboxylic acids is 1. The molecule has 0 unspecified atom stereocenters. The van der Waals surface area contributed by atoms with Gasteiger partial charge in [0.25, 0.3) is 5.69 Å². The van der Waals surface area contributed by atoms with Crippen LogP contribution in [-0.4, -0.2) is 29.1 Å². The number of aromatic amines is 1. The molecule has 138 valence electrons. The number of carbonyl (C=O) groups is 1. The number of hydrogen-bond acceptors (Lipinski definition) is 5. The van der Waals surface area contributed by atoms with Gasteiger partial charge in [-0.25, -0.2) is 5.43 Å². The highest BCUT2D eigenvalue weighted by atomic mass is 16.6. The van der Waals surface area contributed by atoms with Crippen LogP contribution in [0.5, 0.6) is 5.75 Å². The zero-order chi connectivity index (χ0) is 19.4. The number of amides is 1. The molecule has 0 aliphatic rings. The van der Waals surface area contributed by atoms with E-state index in [1.165, 1.54) is 18.3 Å². The maximum absolute atomic E-state index is 12.2. The topological polar surface area (TPSA) is 110 Å². The van der Waals surface area contributed by atoms with Crippen LogP contribution in [0, 0.1) is 17.0 Å². The lowest BCUT2D eigenvalue weighted by Crippen LogP contribution is -2.20. The number of aryl methyl sites for hydroxylation is 1. The van der Waals surface area contributed by atoms with Crippen LogP contribution in [0.3, 0.4) is 0 Å². The van der Waals surface area contributed by atoms with Crippen molar-refractivity contribution >= 4 is 28.7 Å². The molecule has 0 aliphatic carbocycles. The van der Waals surface area contributed by atoms with Gasteiger partial charge in [-0.3, -0.25) is 14.9 Å². The molecule has 1 aromatic heterocycles. The minimum Gasteiger partial charge on any atom is -0.497 e. The second kappa shape index (κ2) is 7.69. The number of nitrogens with one attached hydrogen (secondary N) is 2. The lowest BCUT2D eigenvalue weighted by atomic mass is 10.1. The van der Waals surface area contributed by atoms with Crippen LogP contribution < -0.4 is 10.2 Å². The van der Waals surface area contributed by atoms with Gasteiger partial charge in [0.1, 0.15) is 5.75 Å². The summed E-state index contributed by atoms with van der Waals surface area (Å²) in [7, 11) is 1.59. The summed E-state index contributed by atoms with van der Waals surface area (Å²) >= 11 is 0. The fraction of sp³-hybridized carbons (Fsp3) is 0.158. The van der Waals surface area contributed by atoms with Crippen molar-refractivity contribution in [3.05, 3.63) is 69.4 Å². The molecule has 1 heterocycles. The summed E-state index contributed by atoms with van der Waals surface area (Å²) in [6.45, 7) is 1.90. The Morgan fingerprint density at radius 1 is 1.33 bits per heavy atom. The minimum atomic E-state index is -0.482. The molecule has 27 heavy (non-hydrogen) atoms. The summed E-state index contributed by atoms with van der Waals surface area (Å²) in [5, 5.41) is 15.6. The Labute approximate surface area is 155 Å². The Hall–Kier alpha value is -3.68. The van der Waals surface area contributed by atoms with Gasteiger partial charge in [-0.2, -0.15) is 5.10 Å². The SMILES string of the molecule is COc1ccc2[nH]c(C)c(CC(=O)N/N=C/c3cccc([N+](=O)[O-])c3)c2c1. The number of rotatable bonds is 6. The highest BCUT2D eigenvalue weighted by molar-refractivity contribution is 5.91. The van der Waals surface area contributed by atoms with Crippen LogP contribution in [-0.2, 0) is 11.2 Å². The van der Waals surface area contributed by atoms with E-state index in [4.69, 9.17) is 4.74 Å². The highest BCUT2D eigenvalue weighted by Gasteiger charge is 2.13. The van der Waals surface area contributed by atoms with Crippen LogP contribution in [0.25, 0.3) is 10.9 Å². The third kappa shape index (κ3) is 4.12. The number of fused-ring (bicyclic) bond motifs is 1. The van der Waals surface area contributed by atoms with E-state index in [-0.39, 0.29) is 18.0 Å². The third-order valence-electron chi connectivity index (χ3n) is 4.15. The zero-order valence-electron chi connectivity index (χ0n) is 14.9. The van der Waals surface area contributed by atoms with Crippen molar-refractivity contribution < 1.29 is 14.5 Å². The molecule has 2 aromatic carbocycles. The number of benzene rings is 2. The van der Waals surface area contributed by atoms with Crippen LogP contribution in [0.15, 0.2) is 47.6 Å². The number of nitrogens with zero attached hydrogens (tertiary/aromatic N) is 2. The summed E-state index contributed by atoms with van der Waals surface area (Å²) < 4.78 is 5.25. The quantitative estimate of drug-likeness (QED) is 0.397. The van der Waals surface area contributed by atoms with E-state index in [0.717, 1.165) is 22.2 Å². The van der Waals surface area contributed by atoms with Crippen molar-refractivity contribution in [1.82, 2.24) is 10.4 Å². The van der Waals surface area contributed by atoms with Crippen LogP contribution >= 0.6 is 0 Å². The van der Waals surface area contributed by atoms with Crippen molar-refractivity contribution in [1.29, 1.82) is 0 Å². The lowest BCUT2D eigenvalue weighted by Gasteiger charge is -2.03. The van der Waals surface area contributed by atoms with Gasteiger partial charge in [-0.05, 0) is 30.7 Å². The molecule has 3 rings (SSSR count). The smallest absolute Gasteiger partial charge is 0.270 e. The number of hydrogen-bond donors (Lipinski definition) is 2. The van der Waals surface area contributed by atoms with Gasteiger partial charge in [-0.15, -0.1) is 0 Å². The maximum Gasteiger partial charge on any atom is 0.270 e. The normalized spacial score (nSPS) is 11.0. The minimum absolute atomic E-state index is 0.0337. The van der Waals surface area contributed by atoms with Gasteiger partial charge in [0.05, 0.1) is 24.7 Å². The molecule has 3 aromatic rings. The summed E-state index contributed by atoms with van der Waals surface area (Å²) in [5.41, 5.74) is 5.64. The predicted octanol–water partition coefficient (Wildman–Crippen LogP) is 3.09. The highest BCUT2D eigenvalue weighted by Crippen LogP contribution is 2.26. The van der Waals surface area contributed by atoms with Crippen LogP contribution in [0.2, 0.25) is 0 Å². The molecular weight excluding hydrogens is 348 g/mol. The van der Waals surface area contributed by atoms with Crippen molar-refractivity contribution in [2.45, 2.75) is 13.3 Å². The lowest BCUT2D eigenvalue weighted by molar-refractivity contribution is -0.384. The van der Waals surface area contributed by atoms with Crippen molar-refractivity contribution in [2.75, 3.05) is 7.11 Å². The number of aromatic nitrogens is 1. The molecule has 8 heteroatoms. The van der Waals surface area contributed by atoms with E-state index in [2.05, 4.69) is 15.5 Å². The summed E-state index contributed by atoms with van der Waals surface area (Å²) in [6.07, 6.45) is 1.52. The van der Waals surface area contributed by atoms with Crippen LogP contribution in [0.4, 0.5) is 5.69 Å². The number of nitro groups is 1. The largest absolute Gasteiger partial charge is 0.497 e. The number of nitro benzene ring substituents is 1. The van der Waals surface area contributed by atoms with Crippen molar-refractivity contribution in [3.63, 3.8) is 0 Å². The number of ether oxygens (including phenoxy) is 1. The van der Waals surface area contributed by atoms with Gasteiger partial charge in [-0.1, -0.05) is 12.1 Å². The first-order valence-electron chi connectivity index (χ1n) is 8.19. The summed E-state index contributed by atoms with van der Waals surface area (Å²) in [5.74, 6) is 0.426. The van der Waals surface area contributed by atoms with Gasteiger partial charge in [0.15, 0.2) is 0 Å². The van der Waals surface area contributed by atoms with E-state index in [1.807, 2.05) is 25.1 Å². The fourth-order valence-corrected chi connectivity index (χ4v) is 2.81.